The van der Waals surface area contributed by atoms with Gasteiger partial charge in [-0.15, -0.1) is 0 Å². The van der Waals surface area contributed by atoms with Crippen LogP contribution in [0.3, 0.4) is 0 Å². The molecule has 1 saturated heterocycles. The molecule has 2 rings (SSSR count). The lowest BCUT2D eigenvalue weighted by atomic mass is 9.95. The van der Waals surface area contributed by atoms with E-state index in [1.165, 1.54) is 0 Å². The molecule has 0 spiro atoms. The Balaban J connectivity index is 1.90. The lowest BCUT2D eigenvalue weighted by molar-refractivity contribution is 0.142. The van der Waals surface area contributed by atoms with Crippen LogP contribution in [0, 0.1) is 5.92 Å². The van der Waals surface area contributed by atoms with Gasteiger partial charge >= 0.3 is 0 Å². The van der Waals surface area contributed by atoms with Crippen molar-refractivity contribution in [3.63, 3.8) is 0 Å². The van der Waals surface area contributed by atoms with Gasteiger partial charge in [0, 0.05) is 25.6 Å². The summed E-state index contributed by atoms with van der Waals surface area (Å²) in [6.45, 7) is 7.02. The lowest BCUT2D eigenvalue weighted by Gasteiger charge is -2.34. The molecule has 5 heteroatoms. The Kier molecular flexibility index (Phi) is 3.56. The summed E-state index contributed by atoms with van der Waals surface area (Å²) in [6, 6.07) is 0.338. The molecule has 1 aromatic heterocycles. The molecule has 0 radical (unpaired) electrons. The topological polar surface area (TPSA) is 68.2 Å². The Bertz CT molecular complexity index is 338. The van der Waals surface area contributed by atoms with Crippen LogP contribution in [0.15, 0.2) is 4.52 Å². The SMILES string of the molecule is CCc1noc(CN2CCC(N)C(C)C2)n1. The minimum absolute atomic E-state index is 0.338. The number of piperidine rings is 1. The third kappa shape index (κ3) is 2.59. The van der Waals surface area contributed by atoms with Crippen molar-refractivity contribution in [3.8, 4) is 0 Å². The molecule has 16 heavy (non-hydrogen) atoms. The van der Waals surface area contributed by atoms with Crippen LogP contribution in [0.25, 0.3) is 0 Å². The van der Waals surface area contributed by atoms with Crippen LogP contribution in [0.5, 0.6) is 0 Å². The van der Waals surface area contributed by atoms with Gasteiger partial charge in [0.15, 0.2) is 5.82 Å². The van der Waals surface area contributed by atoms with Gasteiger partial charge in [-0.3, -0.25) is 4.90 Å². The number of aryl methyl sites for hydroxylation is 1. The van der Waals surface area contributed by atoms with E-state index >= 15 is 0 Å². The number of nitrogens with zero attached hydrogens (tertiary/aromatic N) is 3. The van der Waals surface area contributed by atoms with Crippen molar-refractivity contribution < 1.29 is 4.52 Å². The predicted octanol–water partition coefficient (Wildman–Crippen LogP) is 0.801. The maximum absolute atomic E-state index is 5.98. The van der Waals surface area contributed by atoms with Crippen LogP contribution in [-0.2, 0) is 13.0 Å². The van der Waals surface area contributed by atoms with Gasteiger partial charge in [0.05, 0.1) is 6.54 Å². The fourth-order valence-corrected chi connectivity index (χ4v) is 2.08. The normalized spacial score (nSPS) is 27.2. The smallest absolute Gasteiger partial charge is 0.240 e. The average Bonchev–Trinajstić information content (AvgIpc) is 2.71. The number of hydrogen-bond donors (Lipinski definition) is 1. The molecule has 1 aromatic rings. The van der Waals surface area contributed by atoms with Crippen LogP contribution < -0.4 is 5.73 Å². The number of aromatic nitrogens is 2. The summed E-state index contributed by atoms with van der Waals surface area (Å²) in [5.41, 5.74) is 5.98. The molecule has 2 N–H and O–H groups in total. The maximum atomic E-state index is 5.98. The molecule has 2 atom stereocenters. The van der Waals surface area contributed by atoms with Crippen molar-refractivity contribution in [1.29, 1.82) is 0 Å². The largest absolute Gasteiger partial charge is 0.338 e. The first kappa shape index (κ1) is 11.5. The Morgan fingerprint density at radius 2 is 2.38 bits per heavy atom. The number of likely N-dealkylation sites (tertiary alicyclic amines) is 1. The Labute approximate surface area is 96.0 Å². The zero-order valence-corrected chi connectivity index (χ0v) is 10.0. The summed E-state index contributed by atoms with van der Waals surface area (Å²) in [7, 11) is 0. The molecule has 0 aliphatic carbocycles. The standard InChI is InChI=1S/C11H20N4O/c1-3-10-13-11(16-14-10)7-15-5-4-9(12)8(2)6-15/h8-9H,3-7,12H2,1-2H3. The van der Waals surface area contributed by atoms with Gasteiger partial charge in [-0.2, -0.15) is 4.98 Å². The minimum Gasteiger partial charge on any atom is -0.338 e. The number of rotatable bonds is 3. The summed E-state index contributed by atoms with van der Waals surface area (Å²) in [5.74, 6) is 2.05. The molecule has 0 amide bonds. The Morgan fingerprint density at radius 3 is 3.00 bits per heavy atom. The first-order chi connectivity index (χ1) is 7.69. The second kappa shape index (κ2) is 4.93. The van der Waals surface area contributed by atoms with Gasteiger partial charge in [0.1, 0.15) is 0 Å². The van der Waals surface area contributed by atoms with E-state index in [9.17, 15) is 0 Å². The van der Waals surface area contributed by atoms with E-state index in [2.05, 4.69) is 22.0 Å². The predicted molar refractivity (Wildman–Crippen MR) is 60.7 cm³/mol. The van der Waals surface area contributed by atoms with Crippen LogP contribution in [0.2, 0.25) is 0 Å². The third-order valence-electron chi connectivity index (χ3n) is 3.24. The third-order valence-corrected chi connectivity index (χ3v) is 3.24. The van der Waals surface area contributed by atoms with Crippen LogP contribution in [0.1, 0.15) is 32.0 Å². The second-order valence-electron chi connectivity index (χ2n) is 4.62. The van der Waals surface area contributed by atoms with E-state index in [1.807, 2.05) is 6.92 Å². The lowest BCUT2D eigenvalue weighted by Crippen LogP contribution is -2.45. The fourth-order valence-electron chi connectivity index (χ4n) is 2.08. The molecule has 1 fully saturated rings. The van der Waals surface area contributed by atoms with E-state index in [1.54, 1.807) is 0 Å². The van der Waals surface area contributed by atoms with Crippen molar-refractivity contribution in [2.24, 2.45) is 11.7 Å². The zero-order chi connectivity index (χ0) is 11.5. The molecule has 0 bridgehead atoms. The van der Waals surface area contributed by atoms with Crippen molar-refractivity contribution in [2.75, 3.05) is 13.1 Å². The average molecular weight is 224 g/mol. The molecule has 2 heterocycles. The summed E-state index contributed by atoms with van der Waals surface area (Å²) in [5, 5.41) is 3.90. The molecule has 0 aromatic carbocycles. The molecular weight excluding hydrogens is 204 g/mol. The molecule has 90 valence electrons. The van der Waals surface area contributed by atoms with Crippen LogP contribution >= 0.6 is 0 Å². The highest BCUT2D eigenvalue weighted by Crippen LogP contribution is 2.16. The monoisotopic (exact) mass is 224 g/mol. The van der Waals surface area contributed by atoms with Crippen LogP contribution in [-0.4, -0.2) is 34.2 Å². The van der Waals surface area contributed by atoms with Gasteiger partial charge in [-0.25, -0.2) is 0 Å². The van der Waals surface area contributed by atoms with E-state index < -0.39 is 0 Å². The van der Waals surface area contributed by atoms with Crippen molar-refractivity contribution >= 4 is 0 Å². The molecule has 2 unspecified atom stereocenters. The Morgan fingerprint density at radius 1 is 1.56 bits per heavy atom. The summed E-state index contributed by atoms with van der Waals surface area (Å²) < 4.78 is 5.19. The molecule has 5 nitrogen and oxygen atoms in total. The van der Waals surface area contributed by atoms with Gasteiger partial charge < -0.3 is 10.3 Å². The van der Waals surface area contributed by atoms with Crippen molar-refractivity contribution in [1.82, 2.24) is 15.0 Å². The van der Waals surface area contributed by atoms with E-state index in [4.69, 9.17) is 10.3 Å². The van der Waals surface area contributed by atoms with Gasteiger partial charge in [-0.05, 0) is 12.3 Å². The molecule has 0 saturated carbocycles. The van der Waals surface area contributed by atoms with E-state index in [-0.39, 0.29) is 0 Å². The highest BCUT2D eigenvalue weighted by atomic mass is 16.5. The first-order valence-corrected chi connectivity index (χ1v) is 5.98. The minimum atomic E-state index is 0.338. The number of hydrogen-bond acceptors (Lipinski definition) is 5. The maximum Gasteiger partial charge on any atom is 0.240 e. The summed E-state index contributed by atoms with van der Waals surface area (Å²) in [4.78, 5) is 6.65. The summed E-state index contributed by atoms with van der Waals surface area (Å²) >= 11 is 0. The van der Waals surface area contributed by atoms with Gasteiger partial charge in [0.25, 0.3) is 0 Å². The highest BCUT2D eigenvalue weighted by Gasteiger charge is 2.24. The molecule has 1 aliphatic rings. The van der Waals surface area contributed by atoms with Crippen LogP contribution in [0.4, 0.5) is 0 Å². The van der Waals surface area contributed by atoms with Crippen molar-refractivity contribution in [3.05, 3.63) is 11.7 Å². The molecule has 1 aliphatic heterocycles. The van der Waals surface area contributed by atoms with Crippen molar-refractivity contribution in [2.45, 2.75) is 39.3 Å². The first-order valence-electron chi connectivity index (χ1n) is 5.98. The fraction of sp³-hybridized carbons (Fsp3) is 0.818. The summed E-state index contributed by atoms with van der Waals surface area (Å²) in [6.07, 6.45) is 1.88. The Hall–Kier alpha value is -0.940. The molecular formula is C11H20N4O. The van der Waals surface area contributed by atoms with E-state index in [0.29, 0.717) is 12.0 Å². The highest BCUT2D eigenvalue weighted by molar-refractivity contribution is 4.88. The van der Waals surface area contributed by atoms with E-state index in [0.717, 1.165) is 44.2 Å². The second-order valence-corrected chi connectivity index (χ2v) is 4.62. The van der Waals surface area contributed by atoms with Gasteiger partial charge in [0.2, 0.25) is 5.89 Å². The quantitative estimate of drug-likeness (QED) is 0.822. The number of nitrogens with two attached hydrogens (primary N) is 1. The van der Waals surface area contributed by atoms with Gasteiger partial charge in [-0.1, -0.05) is 19.0 Å². The zero-order valence-electron chi connectivity index (χ0n) is 10.0.